The van der Waals surface area contributed by atoms with Crippen molar-refractivity contribution in [1.82, 2.24) is 5.32 Å². The number of carbonyl (C=O) groups excluding carboxylic acids is 1. The Morgan fingerprint density at radius 3 is 2.65 bits per heavy atom. The van der Waals surface area contributed by atoms with Gasteiger partial charge in [-0.05, 0) is 49.8 Å². The van der Waals surface area contributed by atoms with E-state index in [1.165, 1.54) is 17.5 Å². The molecule has 0 heterocycles. The van der Waals surface area contributed by atoms with E-state index in [-0.39, 0.29) is 12.5 Å². The first kappa shape index (κ1) is 14.6. The molecule has 1 aromatic carbocycles. The van der Waals surface area contributed by atoms with Crippen molar-refractivity contribution in [2.45, 2.75) is 39.5 Å². The molecule has 0 fully saturated rings. The van der Waals surface area contributed by atoms with E-state index in [2.05, 4.69) is 17.4 Å². The van der Waals surface area contributed by atoms with Gasteiger partial charge in [-0.1, -0.05) is 18.2 Å². The van der Waals surface area contributed by atoms with Crippen LogP contribution in [0.3, 0.4) is 0 Å². The number of aryl methyl sites for hydroxylation is 2. The number of rotatable bonds is 5. The molecule has 0 atom stereocenters. The monoisotopic (exact) mass is 275 g/mol. The summed E-state index contributed by atoms with van der Waals surface area (Å²) in [6.45, 7) is 3.35. The first-order chi connectivity index (χ1) is 9.38. The van der Waals surface area contributed by atoms with Crippen LogP contribution in [0.5, 0.6) is 0 Å². The molecule has 2 rings (SSSR count). The smallest absolute Gasteiger partial charge is 0.310 e. The molecule has 0 saturated carbocycles. The zero-order valence-corrected chi connectivity index (χ0v) is 12.0. The molecule has 0 spiro atoms. The quantitative estimate of drug-likeness (QED) is 0.863. The van der Waals surface area contributed by atoms with Crippen LogP contribution in [0.25, 0.3) is 0 Å². The van der Waals surface area contributed by atoms with Crippen molar-refractivity contribution in [3.63, 3.8) is 0 Å². The SMILES string of the molecule is CC(C)(CNC(=O)Cc1ccc2c(c1)CCC2)C(=O)O. The molecule has 1 aliphatic carbocycles. The molecule has 20 heavy (non-hydrogen) atoms. The number of hydrogen-bond acceptors (Lipinski definition) is 2. The summed E-state index contributed by atoms with van der Waals surface area (Å²) in [6, 6.07) is 6.20. The third-order valence-electron chi connectivity index (χ3n) is 3.83. The summed E-state index contributed by atoms with van der Waals surface area (Å²) >= 11 is 0. The Bertz CT molecular complexity index is 535. The third kappa shape index (κ3) is 3.38. The molecular weight excluding hydrogens is 254 g/mol. The van der Waals surface area contributed by atoms with Gasteiger partial charge in [-0.25, -0.2) is 0 Å². The van der Waals surface area contributed by atoms with Gasteiger partial charge in [0.2, 0.25) is 5.91 Å². The maximum Gasteiger partial charge on any atom is 0.310 e. The van der Waals surface area contributed by atoms with Gasteiger partial charge in [-0.2, -0.15) is 0 Å². The van der Waals surface area contributed by atoms with Crippen molar-refractivity contribution in [3.05, 3.63) is 34.9 Å². The lowest BCUT2D eigenvalue weighted by atomic mass is 9.94. The van der Waals surface area contributed by atoms with Gasteiger partial charge in [-0.3, -0.25) is 9.59 Å². The van der Waals surface area contributed by atoms with Gasteiger partial charge in [0, 0.05) is 6.54 Å². The normalized spacial score (nSPS) is 13.9. The van der Waals surface area contributed by atoms with Gasteiger partial charge in [0.25, 0.3) is 0 Å². The van der Waals surface area contributed by atoms with E-state index in [0.29, 0.717) is 6.42 Å². The second-order valence-electron chi connectivity index (χ2n) is 6.10. The molecule has 0 aliphatic heterocycles. The Hall–Kier alpha value is -1.84. The van der Waals surface area contributed by atoms with E-state index in [9.17, 15) is 9.59 Å². The molecule has 4 nitrogen and oxygen atoms in total. The topological polar surface area (TPSA) is 66.4 Å². The number of hydrogen-bond donors (Lipinski definition) is 2. The molecule has 1 aliphatic rings. The fourth-order valence-electron chi connectivity index (χ4n) is 2.38. The van der Waals surface area contributed by atoms with Crippen molar-refractivity contribution < 1.29 is 14.7 Å². The van der Waals surface area contributed by atoms with E-state index in [1.54, 1.807) is 13.8 Å². The first-order valence-electron chi connectivity index (χ1n) is 6.99. The summed E-state index contributed by atoms with van der Waals surface area (Å²) in [7, 11) is 0. The standard InChI is InChI=1S/C16H21NO3/c1-16(2,15(19)20)10-17-14(18)9-11-6-7-12-4-3-5-13(12)8-11/h6-8H,3-5,9-10H2,1-2H3,(H,17,18)(H,19,20). The number of carboxylic acid groups (broad SMARTS) is 1. The Morgan fingerprint density at radius 2 is 1.95 bits per heavy atom. The average Bonchev–Trinajstić information content (AvgIpc) is 2.83. The lowest BCUT2D eigenvalue weighted by Crippen LogP contribution is -2.39. The summed E-state index contributed by atoms with van der Waals surface area (Å²) in [5.41, 5.74) is 2.80. The summed E-state index contributed by atoms with van der Waals surface area (Å²) < 4.78 is 0. The van der Waals surface area contributed by atoms with Crippen LogP contribution in [0.4, 0.5) is 0 Å². The fraction of sp³-hybridized carbons (Fsp3) is 0.500. The Morgan fingerprint density at radius 1 is 1.25 bits per heavy atom. The van der Waals surface area contributed by atoms with Gasteiger partial charge >= 0.3 is 5.97 Å². The van der Waals surface area contributed by atoms with Gasteiger partial charge in [0.15, 0.2) is 0 Å². The minimum absolute atomic E-state index is 0.128. The van der Waals surface area contributed by atoms with Crippen LogP contribution in [-0.2, 0) is 28.9 Å². The number of carbonyl (C=O) groups is 2. The van der Waals surface area contributed by atoms with Crippen LogP contribution in [0, 0.1) is 5.41 Å². The minimum atomic E-state index is -0.937. The summed E-state index contributed by atoms with van der Waals surface area (Å²) in [4.78, 5) is 22.8. The summed E-state index contributed by atoms with van der Waals surface area (Å²) in [5.74, 6) is -1.03. The molecular formula is C16H21NO3. The highest BCUT2D eigenvalue weighted by Crippen LogP contribution is 2.23. The highest BCUT2D eigenvalue weighted by Gasteiger charge is 2.27. The zero-order chi connectivity index (χ0) is 14.8. The lowest BCUT2D eigenvalue weighted by Gasteiger charge is -2.19. The maximum atomic E-state index is 11.9. The predicted octanol–water partition coefficient (Wildman–Crippen LogP) is 1.94. The minimum Gasteiger partial charge on any atom is -0.481 e. The Kier molecular flexibility index (Phi) is 4.12. The summed E-state index contributed by atoms with van der Waals surface area (Å²) in [6.07, 6.45) is 3.73. The predicted molar refractivity (Wildman–Crippen MR) is 76.6 cm³/mol. The number of carboxylic acids is 1. The van der Waals surface area contributed by atoms with Gasteiger partial charge in [-0.15, -0.1) is 0 Å². The molecule has 0 radical (unpaired) electrons. The zero-order valence-electron chi connectivity index (χ0n) is 12.0. The second kappa shape index (κ2) is 5.65. The van der Waals surface area contributed by atoms with Crippen molar-refractivity contribution in [2.75, 3.05) is 6.54 Å². The van der Waals surface area contributed by atoms with E-state index >= 15 is 0 Å². The average molecular weight is 275 g/mol. The Balaban J connectivity index is 1.90. The number of aliphatic carboxylic acids is 1. The van der Waals surface area contributed by atoms with Crippen LogP contribution in [0.1, 0.15) is 37.0 Å². The van der Waals surface area contributed by atoms with Crippen molar-refractivity contribution >= 4 is 11.9 Å². The van der Waals surface area contributed by atoms with Gasteiger partial charge < -0.3 is 10.4 Å². The Labute approximate surface area is 119 Å². The molecule has 4 heteroatoms. The largest absolute Gasteiger partial charge is 0.481 e. The van der Waals surface area contributed by atoms with E-state index in [4.69, 9.17) is 5.11 Å². The van der Waals surface area contributed by atoms with Crippen molar-refractivity contribution in [3.8, 4) is 0 Å². The molecule has 1 aromatic rings. The third-order valence-corrected chi connectivity index (χ3v) is 3.83. The number of nitrogens with one attached hydrogen (secondary N) is 1. The number of benzene rings is 1. The lowest BCUT2D eigenvalue weighted by molar-refractivity contribution is -0.146. The van der Waals surface area contributed by atoms with Crippen LogP contribution < -0.4 is 5.32 Å². The molecule has 0 unspecified atom stereocenters. The number of fused-ring (bicyclic) bond motifs is 1. The molecule has 0 bridgehead atoms. The van der Waals surface area contributed by atoms with Crippen LogP contribution in [0.2, 0.25) is 0 Å². The molecule has 1 amide bonds. The van der Waals surface area contributed by atoms with Crippen molar-refractivity contribution in [1.29, 1.82) is 0 Å². The molecule has 2 N–H and O–H groups in total. The van der Waals surface area contributed by atoms with Crippen LogP contribution in [0.15, 0.2) is 18.2 Å². The van der Waals surface area contributed by atoms with E-state index < -0.39 is 11.4 Å². The maximum absolute atomic E-state index is 11.9. The fourth-order valence-corrected chi connectivity index (χ4v) is 2.38. The number of amides is 1. The van der Waals surface area contributed by atoms with Gasteiger partial charge in [0.05, 0.1) is 11.8 Å². The van der Waals surface area contributed by atoms with E-state index in [1.807, 2.05) is 6.07 Å². The first-order valence-corrected chi connectivity index (χ1v) is 6.99. The van der Waals surface area contributed by atoms with Crippen LogP contribution >= 0.6 is 0 Å². The molecule has 0 aromatic heterocycles. The summed E-state index contributed by atoms with van der Waals surface area (Å²) in [5, 5.41) is 11.7. The van der Waals surface area contributed by atoms with Gasteiger partial charge in [0.1, 0.15) is 0 Å². The highest BCUT2D eigenvalue weighted by molar-refractivity contribution is 5.80. The van der Waals surface area contributed by atoms with E-state index in [0.717, 1.165) is 18.4 Å². The second-order valence-corrected chi connectivity index (χ2v) is 6.10. The van der Waals surface area contributed by atoms with Crippen LogP contribution in [-0.4, -0.2) is 23.5 Å². The molecule has 0 saturated heterocycles. The van der Waals surface area contributed by atoms with Crippen molar-refractivity contribution in [2.24, 2.45) is 5.41 Å². The molecule has 108 valence electrons. The highest BCUT2D eigenvalue weighted by atomic mass is 16.4.